The topological polar surface area (TPSA) is 53.6 Å². The fourth-order valence-electron chi connectivity index (χ4n) is 2.81. The first-order valence-corrected chi connectivity index (χ1v) is 8.61. The minimum Gasteiger partial charge on any atom is -0.382 e. The van der Waals surface area contributed by atoms with Crippen LogP contribution < -0.4 is 5.32 Å². The highest BCUT2D eigenvalue weighted by Gasteiger charge is 2.11. The van der Waals surface area contributed by atoms with Gasteiger partial charge in [0.25, 0.3) is 0 Å². The predicted molar refractivity (Wildman–Crippen MR) is 86.7 cm³/mol. The molecule has 1 aliphatic rings. The second-order valence-corrected chi connectivity index (χ2v) is 6.67. The van der Waals surface area contributed by atoms with Gasteiger partial charge in [0.05, 0.1) is 0 Å². The van der Waals surface area contributed by atoms with Crippen LogP contribution in [0.3, 0.4) is 0 Å². The lowest BCUT2D eigenvalue weighted by Crippen LogP contribution is -2.20. The van der Waals surface area contributed by atoms with Gasteiger partial charge in [0, 0.05) is 16.6 Å². The van der Waals surface area contributed by atoms with E-state index in [1.807, 2.05) is 0 Å². The van der Waals surface area contributed by atoms with Crippen LogP contribution in [-0.4, -0.2) is 21.2 Å². The average molecular weight is 302 g/mol. The van der Waals surface area contributed by atoms with Gasteiger partial charge in [-0.25, -0.2) is 4.98 Å². The predicted octanol–water partition coefficient (Wildman–Crippen LogP) is 4.48. The number of nitrogens with zero attached hydrogens (tertiary/aromatic N) is 2. The third-order valence-corrected chi connectivity index (χ3v) is 4.84. The van der Waals surface area contributed by atoms with Crippen molar-refractivity contribution in [2.45, 2.75) is 61.0 Å². The Morgan fingerprint density at radius 3 is 2.38 bits per heavy atom. The Labute approximate surface area is 130 Å². The molecule has 0 amide bonds. The van der Waals surface area contributed by atoms with E-state index in [2.05, 4.69) is 44.8 Å². The maximum Gasteiger partial charge on any atom is 0.188 e. The van der Waals surface area contributed by atoms with E-state index < -0.39 is 0 Å². The molecule has 0 bridgehead atoms. The van der Waals surface area contributed by atoms with Gasteiger partial charge >= 0.3 is 0 Å². The molecular weight excluding hydrogens is 280 g/mol. The van der Waals surface area contributed by atoms with E-state index >= 15 is 0 Å². The lowest BCUT2D eigenvalue weighted by atomic mass is 9.96. The smallest absolute Gasteiger partial charge is 0.188 e. The highest BCUT2D eigenvalue weighted by Crippen LogP contribution is 2.26. The SMILES string of the molecule is c1n[nH]c(Sc2ccc(NC3CCCCCCC3)cc2)n1. The summed E-state index contributed by atoms with van der Waals surface area (Å²) in [5, 5.41) is 11.2. The standard InChI is InChI=1S/C16H22N4S/c1-2-4-6-13(7-5-3-1)19-14-8-10-15(11-9-14)21-16-17-12-18-20-16/h8-13,19H,1-7H2,(H,17,18,20). The Morgan fingerprint density at radius 2 is 1.71 bits per heavy atom. The summed E-state index contributed by atoms with van der Waals surface area (Å²) in [6.07, 6.45) is 11.1. The van der Waals surface area contributed by atoms with E-state index in [0.29, 0.717) is 6.04 Å². The fraction of sp³-hybridized carbons (Fsp3) is 0.500. The van der Waals surface area contributed by atoms with Crippen molar-refractivity contribution < 1.29 is 0 Å². The molecular formula is C16H22N4S. The van der Waals surface area contributed by atoms with Gasteiger partial charge in [-0.2, -0.15) is 5.10 Å². The number of hydrogen-bond donors (Lipinski definition) is 2. The molecule has 1 heterocycles. The second-order valence-electron chi connectivity index (χ2n) is 5.60. The van der Waals surface area contributed by atoms with Gasteiger partial charge in [-0.05, 0) is 37.1 Å². The van der Waals surface area contributed by atoms with E-state index in [9.17, 15) is 0 Å². The van der Waals surface area contributed by atoms with Crippen molar-refractivity contribution in [1.82, 2.24) is 15.2 Å². The van der Waals surface area contributed by atoms with Crippen molar-refractivity contribution >= 4 is 17.4 Å². The molecule has 1 saturated carbocycles. The Kier molecular flexibility index (Phi) is 5.16. The minimum atomic E-state index is 0.637. The Balaban J connectivity index is 1.55. The molecule has 0 spiro atoms. The number of benzene rings is 1. The normalized spacial score (nSPS) is 17.1. The van der Waals surface area contributed by atoms with Crippen LogP contribution in [0.2, 0.25) is 0 Å². The molecule has 0 unspecified atom stereocenters. The molecule has 3 rings (SSSR count). The van der Waals surface area contributed by atoms with Gasteiger partial charge in [-0.1, -0.05) is 43.9 Å². The van der Waals surface area contributed by atoms with Crippen LogP contribution in [0.15, 0.2) is 40.6 Å². The third kappa shape index (κ3) is 4.49. The molecule has 1 aliphatic carbocycles. The summed E-state index contributed by atoms with van der Waals surface area (Å²) in [6.45, 7) is 0. The summed E-state index contributed by atoms with van der Waals surface area (Å²) < 4.78 is 0. The number of nitrogens with one attached hydrogen (secondary N) is 2. The number of rotatable bonds is 4. The van der Waals surface area contributed by atoms with Crippen molar-refractivity contribution in [2.24, 2.45) is 0 Å². The van der Waals surface area contributed by atoms with Crippen LogP contribution in [0.4, 0.5) is 5.69 Å². The van der Waals surface area contributed by atoms with Crippen molar-refractivity contribution in [3.63, 3.8) is 0 Å². The lowest BCUT2D eigenvalue weighted by Gasteiger charge is -2.22. The van der Waals surface area contributed by atoms with E-state index in [-0.39, 0.29) is 0 Å². The van der Waals surface area contributed by atoms with Gasteiger partial charge in [-0.3, -0.25) is 5.10 Å². The molecule has 2 aromatic rings. The highest BCUT2D eigenvalue weighted by molar-refractivity contribution is 7.99. The molecule has 21 heavy (non-hydrogen) atoms. The number of H-pyrrole nitrogens is 1. The van der Waals surface area contributed by atoms with Crippen molar-refractivity contribution in [2.75, 3.05) is 5.32 Å². The van der Waals surface area contributed by atoms with Crippen LogP contribution >= 0.6 is 11.8 Å². The first-order valence-electron chi connectivity index (χ1n) is 7.80. The minimum absolute atomic E-state index is 0.637. The largest absolute Gasteiger partial charge is 0.382 e. The van der Waals surface area contributed by atoms with Crippen LogP contribution in [0.1, 0.15) is 44.9 Å². The Hall–Kier alpha value is -1.49. The zero-order valence-electron chi connectivity index (χ0n) is 12.2. The average Bonchev–Trinajstić information content (AvgIpc) is 2.97. The van der Waals surface area contributed by atoms with Gasteiger partial charge < -0.3 is 5.32 Å². The number of hydrogen-bond acceptors (Lipinski definition) is 4. The summed E-state index contributed by atoms with van der Waals surface area (Å²) in [4.78, 5) is 5.30. The Bertz CT molecular complexity index is 516. The van der Waals surface area contributed by atoms with Gasteiger partial charge in [-0.15, -0.1) is 0 Å². The molecule has 0 atom stereocenters. The van der Waals surface area contributed by atoms with Gasteiger partial charge in [0.1, 0.15) is 6.33 Å². The summed E-state index contributed by atoms with van der Waals surface area (Å²) in [5.41, 5.74) is 1.22. The first kappa shape index (κ1) is 14.4. The van der Waals surface area contributed by atoms with E-state index in [1.54, 1.807) is 11.8 Å². The maximum atomic E-state index is 4.13. The van der Waals surface area contributed by atoms with E-state index in [1.165, 1.54) is 61.9 Å². The zero-order chi connectivity index (χ0) is 14.3. The summed E-state index contributed by atoms with van der Waals surface area (Å²) in [7, 11) is 0. The van der Waals surface area contributed by atoms with Crippen LogP contribution in [0.25, 0.3) is 0 Å². The highest BCUT2D eigenvalue weighted by atomic mass is 32.2. The molecule has 1 fully saturated rings. The molecule has 0 saturated heterocycles. The number of anilines is 1. The zero-order valence-corrected chi connectivity index (χ0v) is 13.0. The fourth-order valence-corrected chi connectivity index (χ4v) is 3.50. The molecule has 4 nitrogen and oxygen atoms in total. The summed E-state index contributed by atoms with van der Waals surface area (Å²) in [6, 6.07) is 9.24. The number of aromatic nitrogens is 3. The van der Waals surface area contributed by atoms with Crippen molar-refractivity contribution in [3.8, 4) is 0 Å². The second kappa shape index (κ2) is 7.50. The summed E-state index contributed by atoms with van der Waals surface area (Å²) >= 11 is 1.60. The molecule has 0 aliphatic heterocycles. The molecule has 5 heteroatoms. The number of aromatic amines is 1. The monoisotopic (exact) mass is 302 g/mol. The van der Waals surface area contributed by atoms with Crippen molar-refractivity contribution in [1.29, 1.82) is 0 Å². The molecule has 1 aromatic carbocycles. The van der Waals surface area contributed by atoms with Gasteiger partial charge in [0.15, 0.2) is 5.16 Å². The quantitative estimate of drug-likeness (QED) is 0.874. The third-order valence-electron chi connectivity index (χ3n) is 3.94. The van der Waals surface area contributed by atoms with Crippen molar-refractivity contribution in [3.05, 3.63) is 30.6 Å². The molecule has 2 N–H and O–H groups in total. The van der Waals surface area contributed by atoms with Gasteiger partial charge in [0.2, 0.25) is 0 Å². The van der Waals surface area contributed by atoms with Crippen LogP contribution in [-0.2, 0) is 0 Å². The van der Waals surface area contributed by atoms with E-state index in [4.69, 9.17) is 0 Å². The lowest BCUT2D eigenvalue weighted by molar-refractivity contribution is 0.471. The molecule has 1 aromatic heterocycles. The summed E-state index contributed by atoms with van der Waals surface area (Å²) in [5.74, 6) is 0. The molecule has 0 radical (unpaired) electrons. The van der Waals surface area contributed by atoms with E-state index in [0.717, 1.165) is 5.16 Å². The van der Waals surface area contributed by atoms with Crippen LogP contribution in [0, 0.1) is 0 Å². The van der Waals surface area contributed by atoms with Crippen LogP contribution in [0.5, 0.6) is 0 Å². The Morgan fingerprint density at radius 1 is 1.00 bits per heavy atom. The maximum absolute atomic E-state index is 4.13. The first-order chi connectivity index (χ1) is 10.4. The molecule has 112 valence electrons.